The van der Waals surface area contributed by atoms with Crippen molar-refractivity contribution in [2.45, 2.75) is 12.6 Å². The van der Waals surface area contributed by atoms with Crippen molar-refractivity contribution in [2.24, 2.45) is 0 Å². The molecule has 1 N–H and O–H groups in total. The Kier molecular flexibility index (Phi) is 7.03. The highest BCUT2D eigenvalue weighted by Crippen LogP contribution is 2.19. The van der Waals surface area contributed by atoms with E-state index in [0.717, 1.165) is 11.1 Å². The topological polar surface area (TPSA) is 54.3 Å². The minimum absolute atomic E-state index is 0.196. The van der Waals surface area contributed by atoms with Gasteiger partial charge in [-0.05, 0) is 49.5 Å². The van der Waals surface area contributed by atoms with Gasteiger partial charge in [-0.3, -0.25) is 9.59 Å². The van der Waals surface area contributed by atoms with Crippen molar-refractivity contribution in [3.05, 3.63) is 105 Å². The molecule has 5 nitrogen and oxygen atoms in total. The summed E-state index contributed by atoms with van der Waals surface area (Å²) in [5.41, 5.74) is 1.69. The van der Waals surface area contributed by atoms with Gasteiger partial charge in [-0.2, -0.15) is 0 Å². The van der Waals surface area contributed by atoms with E-state index in [0.29, 0.717) is 17.1 Å². The summed E-state index contributed by atoms with van der Waals surface area (Å²) in [5.74, 6) is -0.636. The lowest BCUT2D eigenvalue weighted by atomic mass is 10.1. The summed E-state index contributed by atoms with van der Waals surface area (Å²) in [6.45, 7) is 0.558. The SMILES string of the molecule is CN(C)C(CNC(=O)c1ccc(=O)n(Cc2ccccc2Cl)c1)c1cccc(F)c1. The van der Waals surface area contributed by atoms with E-state index in [2.05, 4.69) is 5.32 Å². The van der Waals surface area contributed by atoms with Crippen LogP contribution < -0.4 is 10.9 Å². The number of hydrogen-bond donors (Lipinski definition) is 1. The number of nitrogens with one attached hydrogen (secondary N) is 1. The lowest BCUT2D eigenvalue weighted by Crippen LogP contribution is -2.35. The molecule has 1 amide bonds. The van der Waals surface area contributed by atoms with Crippen LogP contribution in [0.4, 0.5) is 4.39 Å². The van der Waals surface area contributed by atoms with Crippen LogP contribution in [0.1, 0.15) is 27.5 Å². The Hall–Kier alpha value is -2.96. The molecule has 0 radical (unpaired) electrons. The number of nitrogens with zero attached hydrogens (tertiary/aromatic N) is 2. The van der Waals surface area contributed by atoms with Crippen molar-refractivity contribution in [1.82, 2.24) is 14.8 Å². The van der Waals surface area contributed by atoms with Crippen LogP contribution in [-0.2, 0) is 6.54 Å². The minimum atomic E-state index is -0.322. The Labute approximate surface area is 179 Å². The molecule has 2 aromatic carbocycles. The maximum atomic E-state index is 13.6. The maximum absolute atomic E-state index is 13.6. The van der Waals surface area contributed by atoms with Gasteiger partial charge in [0.1, 0.15) is 5.82 Å². The molecule has 0 spiro atoms. The molecule has 1 unspecified atom stereocenters. The molecule has 0 aliphatic heterocycles. The number of hydrogen-bond acceptors (Lipinski definition) is 3. The number of carbonyl (C=O) groups excluding carboxylic acids is 1. The van der Waals surface area contributed by atoms with E-state index in [1.165, 1.54) is 35.0 Å². The molecule has 0 aliphatic rings. The molecule has 3 aromatic rings. The highest BCUT2D eigenvalue weighted by molar-refractivity contribution is 6.31. The largest absolute Gasteiger partial charge is 0.350 e. The second-order valence-electron chi connectivity index (χ2n) is 7.22. The number of likely N-dealkylation sites (N-methyl/N-ethyl adjacent to an activating group) is 1. The van der Waals surface area contributed by atoms with Gasteiger partial charge in [0.2, 0.25) is 0 Å². The Bertz CT molecular complexity index is 1100. The monoisotopic (exact) mass is 427 g/mol. The van der Waals surface area contributed by atoms with Crippen molar-refractivity contribution in [1.29, 1.82) is 0 Å². The molecule has 0 fully saturated rings. The van der Waals surface area contributed by atoms with Crippen LogP contribution >= 0.6 is 11.6 Å². The summed E-state index contributed by atoms with van der Waals surface area (Å²) in [6.07, 6.45) is 1.52. The lowest BCUT2D eigenvalue weighted by Gasteiger charge is -2.25. The number of rotatable bonds is 7. The van der Waals surface area contributed by atoms with Gasteiger partial charge in [0.05, 0.1) is 18.2 Å². The van der Waals surface area contributed by atoms with E-state index in [9.17, 15) is 14.0 Å². The summed E-state index contributed by atoms with van der Waals surface area (Å²) in [4.78, 5) is 26.8. The van der Waals surface area contributed by atoms with Gasteiger partial charge in [-0.1, -0.05) is 41.9 Å². The van der Waals surface area contributed by atoms with E-state index in [1.54, 1.807) is 12.1 Å². The lowest BCUT2D eigenvalue weighted by molar-refractivity contribution is 0.0941. The van der Waals surface area contributed by atoms with Crippen LogP contribution in [0.2, 0.25) is 5.02 Å². The predicted molar refractivity (Wildman–Crippen MR) is 116 cm³/mol. The number of amides is 1. The Morgan fingerprint density at radius 3 is 2.60 bits per heavy atom. The molecule has 7 heteroatoms. The fraction of sp³-hybridized carbons (Fsp3) is 0.217. The minimum Gasteiger partial charge on any atom is -0.350 e. The molecule has 1 heterocycles. The molecule has 3 rings (SSSR count). The summed E-state index contributed by atoms with van der Waals surface area (Å²) in [5, 5.41) is 3.43. The maximum Gasteiger partial charge on any atom is 0.252 e. The number of benzene rings is 2. The number of pyridine rings is 1. The van der Waals surface area contributed by atoms with Crippen LogP contribution in [0, 0.1) is 5.82 Å². The summed E-state index contributed by atoms with van der Waals surface area (Å²) >= 11 is 6.19. The van der Waals surface area contributed by atoms with Crippen molar-refractivity contribution in [2.75, 3.05) is 20.6 Å². The van der Waals surface area contributed by atoms with Crippen LogP contribution in [0.3, 0.4) is 0 Å². The van der Waals surface area contributed by atoms with Gasteiger partial charge in [-0.15, -0.1) is 0 Å². The molecule has 156 valence electrons. The van der Waals surface area contributed by atoms with Gasteiger partial charge in [0, 0.05) is 23.8 Å². The van der Waals surface area contributed by atoms with Gasteiger partial charge in [0.15, 0.2) is 0 Å². The summed E-state index contributed by atoms with van der Waals surface area (Å²) in [6, 6.07) is 16.2. The van der Waals surface area contributed by atoms with Gasteiger partial charge in [-0.25, -0.2) is 4.39 Å². The molecule has 0 bridgehead atoms. The van der Waals surface area contributed by atoms with E-state index in [4.69, 9.17) is 11.6 Å². The fourth-order valence-electron chi connectivity index (χ4n) is 3.20. The molecule has 1 aromatic heterocycles. The van der Waals surface area contributed by atoms with Crippen LogP contribution in [-0.4, -0.2) is 36.0 Å². The molecule has 0 saturated heterocycles. The van der Waals surface area contributed by atoms with Gasteiger partial charge >= 0.3 is 0 Å². The highest BCUT2D eigenvalue weighted by atomic mass is 35.5. The van der Waals surface area contributed by atoms with Crippen molar-refractivity contribution < 1.29 is 9.18 Å². The Balaban J connectivity index is 1.75. The third kappa shape index (κ3) is 5.34. The molecular weight excluding hydrogens is 405 g/mol. The first kappa shape index (κ1) is 21.7. The van der Waals surface area contributed by atoms with Crippen molar-refractivity contribution in [3.8, 4) is 0 Å². The first-order valence-corrected chi connectivity index (χ1v) is 9.87. The molecule has 0 saturated carbocycles. The van der Waals surface area contributed by atoms with Gasteiger partial charge < -0.3 is 14.8 Å². The van der Waals surface area contributed by atoms with Gasteiger partial charge in [0.25, 0.3) is 11.5 Å². The Morgan fingerprint density at radius 2 is 1.90 bits per heavy atom. The first-order chi connectivity index (χ1) is 14.3. The standard InChI is InChI=1S/C23H23ClFN3O2/c1-27(2)21(16-7-5-8-19(25)12-16)13-26-23(30)18-10-11-22(29)28(15-18)14-17-6-3-4-9-20(17)24/h3-12,15,21H,13-14H2,1-2H3,(H,26,30). The number of carbonyl (C=O) groups is 1. The highest BCUT2D eigenvalue weighted by Gasteiger charge is 2.17. The zero-order valence-electron chi connectivity index (χ0n) is 16.8. The van der Waals surface area contributed by atoms with E-state index in [-0.39, 0.29) is 29.9 Å². The summed E-state index contributed by atoms with van der Waals surface area (Å²) < 4.78 is 15.0. The van der Waals surface area contributed by atoms with Crippen LogP contribution in [0.25, 0.3) is 0 Å². The molecule has 30 heavy (non-hydrogen) atoms. The second-order valence-corrected chi connectivity index (χ2v) is 7.63. The van der Waals surface area contributed by atoms with E-state index in [1.807, 2.05) is 43.3 Å². The number of aromatic nitrogens is 1. The van der Waals surface area contributed by atoms with Crippen LogP contribution in [0.5, 0.6) is 0 Å². The first-order valence-electron chi connectivity index (χ1n) is 9.49. The Morgan fingerprint density at radius 1 is 1.13 bits per heavy atom. The average molecular weight is 428 g/mol. The predicted octanol–water partition coefficient (Wildman–Crippen LogP) is 3.72. The third-order valence-electron chi connectivity index (χ3n) is 4.86. The average Bonchev–Trinajstić information content (AvgIpc) is 2.71. The van der Waals surface area contributed by atoms with E-state index < -0.39 is 0 Å². The zero-order valence-corrected chi connectivity index (χ0v) is 17.6. The van der Waals surface area contributed by atoms with Crippen molar-refractivity contribution in [3.63, 3.8) is 0 Å². The number of halogens is 2. The van der Waals surface area contributed by atoms with E-state index >= 15 is 0 Å². The normalized spacial score (nSPS) is 12.0. The molecule has 0 aliphatic carbocycles. The quantitative estimate of drug-likeness (QED) is 0.625. The van der Waals surface area contributed by atoms with Crippen molar-refractivity contribution >= 4 is 17.5 Å². The molecule has 1 atom stereocenters. The molecular formula is C23H23ClFN3O2. The fourth-order valence-corrected chi connectivity index (χ4v) is 3.40. The smallest absolute Gasteiger partial charge is 0.252 e. The second kappa shape index (κ2) is 9.69. The van der Waals surface area contributed by atoms with Crippen LogP contribution in [0.15, 0.2) is 71.7 Å². The third-order valence-corrected chi connectivity index (χ3v) is 5.23. The zero-order chi connectivity index (χ0) is 21.7. The summed E-state index contributed by atoms with van der Waals surface area (Å²) in [7, 11) is 3.73.